The van der Waals surface area contributed by atoms with Crippen molar-refractivity contribution in [2.75, 3.05) is 21.3 Å². The van der Waals surface area contributed by atoms with Crippen LogP contribution < -0.4 is 19.5 Å². The van der Waals surface area contributed by atoms with Crippen LogP contribution in [-0.2, 0) is 4.79 Å². The summed E-state index contributed by atoms with van der Waals surface area (Å²) in [4.78, 5) is 12.2. The highest BCUT2D eigenvalue weighted by Gasteiger charge is 2.12. The van der Waals surface area contributed by atoms with Crippen molar-refractivity contribution in [2.24, 2.45) is 0 Å². The normalized spacial score (nSPS) is 11.8. The molecule has 0 aliphatic carbocycles. The number of hydrogen-bond acceptors (Lipinski definition) is 4. The molecule has 1 N–H and O–H groups in total. The predicted molar refractivity (Wildman–Crippen MR) is 98.1 cm³/mol. The highest BCUT2D eigenvalue weighted by atomic mass is 16.5. The van der Waals surface area contributed by atoms with Crippen LogP contribution in [0, 0.1) is 0 Å². The van der Waals surface area contributed by atoms with Crippen molar-refractivity contribution in [3.63, 3.8) is 0 Å². The second kappa shape index (κ2) is 8.78. The van der Waals surface area contributed by atoms with Crippen LogP contribution >= 0.6 is 0 Å². The monoisotopic (exact) mass is 341 g/mol. The molecule has 0 aliphatic heterocycles. The summed E-state index contributed by atoms with van der Waals surface area (Å²) in [6.45, 7) is 1.92. The third kappa shape index (κ3) is 4.76. The van der Waals surface area contributed by atoms with Crippen molar-refractivity contribution in [3.8, 4) is 17.2 Å². The summed E-state index contributed by atoms with van der Waals surface area (Å²) in [5, 5.41) is 2.93. The Hall–Kier alpha value is -2.95. The van der Waals surface area contributed by atoms with Gasteiger partial charge in [-0.3, -0.25) is 4.79 Å². The molecule has 2 aromatic rings. The van der Waals surface area contributed by atoms with Crippen LogP contribution in [0.15, 0.2) is 48.5 Å². The van der Waals surface area contributed by atoms with Gasteiger partial charge in [0.1, 0.15) is 5.75 Å². The third-order valence-corrected chi connectivity index (χ3v) is 3.80. The van der Waals surface area contributed by atoms with Gasteiger partial charge in [0.05, 0.1) is 27.4 Å². The van der Waals surface area contributed by atoms with Gasteiger partial charge in [0.2, 0.25) is 5.91 Å². The van der Waals surface area contributed by atoms with E-state index in [1.54, 1.807) is 33.5 Å². The first-order valence-electron chi connectivity index (χ1n) is 7.92. The molecule has 132 valence electrons. The number of ether oxygens (including phenoxy) is 3. The van der Waals surface area contributed by atoms with Crippen LogP contribution in [0.25, 0.3) is 6.08 Å². The topological polar surface area (TPSA) is 56.8 Å². The first-order chi connectivity index (χ1) is 12.1. The molecule has 2 rings (SSSR count). The van der Waals surface area contributed by atoms with Crippen molar-refractivity contribution < 1.29 is 19.0 Å². The van der Waals surface area contributed by atoms with E-state index in [4.69, 9.17) is 14.2 Å². The molecule has 25 heavy (non-hydrogen) atoms. The van der Waals surface area contributed by atoms with Crippen molar-refractivity contribution >= 4 is 12.0 Å². The van der Waals surface area contributed by atoms with Crippen LogP contribution in [0.1, 0.15) is 24.1 Å². The van der Waals surface area contributed by atoms with Gasteiger partial charge in [-0.15, -0.1) is 0 Å². The fourth-order valence-electron chi connectivity index (χ4n) is 2.49. The highest BCUT2D eigenvalue weighted by molar-refractivity contribution is 5.92. The van der Waals surface area contributed by atoms with Crippen LogP contribution in [0.5, 0.6) is 17.2 Å². The third-order valence-electron chi connectivity index (χ3n) is 3.80. The number of amides is 1. The molecule has 0 aromatic heterocycles. The summed E-state index contributed by atoms with van der Waals surface area (Å²) in [6, 6.07) is 12.9. The molecular formula is C20H23NO4. The van der Waals surface area contributed by atoms with Gasteiger partial charge in [-0.25, -0.2) is 0 Å². The number of carbonyl (C=O) groups excluding carboxylic acids is 1. The first kappa shape index (κ1) is 18.4. The van der Waals surface area contributed by atoms with E-state index in [0.717, 1.165) is 16.9 Å². The smallest absolute Gasteiger partial charge is 0.244 e. The summed E-state index contributed by atoms with van der Waals surface area (Å²) >= 11 is 0. The molecule has 0 aliphatic rings. The lowest BCUT2D eigenvalue weighted by atomic mass is 10.1. The minimum Gasteiger partial charge on any atom is -0.496 e. The number of carbonyl (C=O) groups is 1. The SMILES string of the molecule is COc1ccc(/C=C/C(=O)NC(C)c2ccccc2OC)cc1OC. The van der Waals surface area contributed by atoms with Gasteiger partial charge < -0.3 is 19.5 Å². The molecule has 5 nitrogen and oxygen atoms in total. The number of rotatable bonds is 7. The minimum absolute atomic E-state index is 0.168. The summed E-state index contributed by atoms with van der Waals surface area (Å²) in [5.41, 5.74) is 1.77. The van der Waals surface area contributed by atoms with Crippen LogP contribution in [-0.4, -0.2) is 27.2 Å². The number of hydrogen-bond donors (Lipinski definition) is 1. The van der Waals surface area contributed by atoms with E-state index in [2.05, 4.69) is 5.32 Å². The number of nitrogens with one attached hydrogen (secondary N) is 1. The molecule has 0 bridgehead atoms. The molecule has 2 aromatic carbocycles. The van der Waals surface area contributed by atoms with E-state index in [1.165, 1.54) is 6.08 Å². The number of methoxy groups -OCH3 is 3. The average molecular weight is 341 g/mol. The molecule has 5 heteroatoms. The van der Waals surface area contributed by atoms with E-state index < -0.39 is 0 Å². The second-order valence-electron chi connectivity index (χ2n) is 5.42. The van der Waals surface area contributed by atoms with Crippen molar-refractivity contribution in [1.82, 2.24) is 5.32 Å². The lowest BCUT2D eigenvalue weighted by Gasteiger charge is -2.16. The maximum Gasteiger partial charge on any atom is 0.244 e. The largest absolute Gasteiger partial charge is 0.496 e. The molecule has 0 fully saturated rings. The highest BCUT2D eigenvalue weighted by Crippen LogP contribution is 2.28. The van der Waals surface area contributed by atoms with Crippen LogP contribution in [0.4, 0.5) is 0 Å². The van der Waals surface area contributed by atoms with Crippen LogP contribution in [0.2, 0.25) is 0 Å². The fraction of sp³-hybridized carbons (Fsp3) is 0.250. The summed E-state index contributed by atoms with van der Waals surface area (Å²) in [6.07, 6.45) is 3.22. The van der Waals surface area contributed by atoms with E-state index in [0.29, 0.717) is 11.5 Å². The van der Waals surface area contributed by atoms with E-state index in [9.17, 15) is 4.79 Å². The van der Waals surface area contributed by atoms with Gasteiger partial charge in [0, 0.05) is 11.6 Å². The van der Waals surface area contributed by atoms with Gasteiger partial charge in [-0.2, -0.15) is 0 Å². The van der Waals surface area contributed by atoms with Crippen molar-refractivity contribution in [2.45, 2.75) is 13.0 Å². The predicted octanol–water partition coefficient (Wildman–Crippen LogP) is 3.60. The average Bonchev–Trinajstić information content (AvgIpc) is 2.65. The molecule has 1 atom stereocenters. The zero-order valence-electron chi connectivity index (χ0n) is 14.9. The standard InChI is InChI=1S/C20H23NO4/c1-14(16-7-5-6-8-17(16)23-2)21-20(22)12-10-15-9-11-18(24-3)19(13-15)25-4/h5-14H,1-4H3,(H,21,22)/b12-10+. The molecule has 1 amide bonds. The van der Waals surface area contributed by atoms with Crippen molar-refractivity contribution in [3.05, 3.63) is 59.7 Å². The van der Waals surface area contributed by atoms with E-state index >= 15 is 0 Å². The Morgan fingerprint density at radius 1 is 0.960 bits per heavy atom. The lowest BCUT2D eigenvalue weighted by Crippen LogP contribution is -2.24. The fourth-order valence-corrected chi connectivity index (χ4v) is 2.49. The van der Waals surface area contributed by atoms with Crippen LogP contribution in [0.3, 0.4) is 0 Å². The zero-order valence-corrected chi connectivity index (χ0v) is 14.9. The van der Waals surface area contributed by atoms with Gasteiger partial charge in [0.25, 0.3) is 0 Å². The van der Waals surface area contributed by atoms with Gasteiger partial charge >= 0.3 is 0 Å². The van der Waals surface area contributed by atoms with Gasteiger partial charge in [0.15, 0.2) is 11.5 Å². The second-order valence-corrected chi connectivity index (χ2v) is 5.42. The Morgan fingerprint density at radius 2 is 1.64 bits per heavy atom. The van der Waals surface area contributed by atoms with E-state index in [-0.39, 0.29) is 11.9 Å². The molecule has 1 unspecified atom stereocenters. The van der Waals surface area contributed by atoms with Gasteiger partial charge in [-0.05, 0) is 36.8 Å². The summed E-state index contributed by atoms with van der Waals surface area (Å²) in [7, 11) is 4.78. The molecule has 0 radical (unpaired) electrons. The lowest BCUT2D eigenvalue weighted by molar-refractivity contribution is -0.117. The maximum atomic E-state index is 12.2. The quantitative estimate of drug-likeness (QED) is 0.782. The summed E-state index contributed by atoms with van der Waals surface area (Å²) in [5.74, 6) is 1.83. The summed E-state index contributed by atoms with van der Waals surface area (Å²) < 4.78 is 15.8. The Morgan fingerprint density at radius 3 is 2.32 bits per heavy atom. The number of para-hydroxylation sites is 1. The molecular weight excluding hydrogens is 318 g/mol. The maximum absolute atomic E-state index is 12.2. The Kier molecular flexibility index (Phi) is 6.46. The Bertz CT molecular complexity index is 755. The molecule has 0 heterocycles. The molecule has 0 saturated carbocycles. The first-order valence-corrected chi connectivity index (χ1v) is 7.92. The Balaban J connectivity index is 2.05. The van der Waals surface area contributed by atoms with Crippen molar-refractivity contribution in [1.29, 1.82) is 0 Å². The Labute approximate surface area is 148 Å². The molecule has 0 spiro atoms. The van der Waals surface area contributed by atoms with Gasteiger partial charge in [-0.1, -0.05) is 24.3 Å². The molecule has 0 saturated heterocycles. The number of benzene rings is 2. The zero-order chi connectivity index (χ0) is 18.2. The minimum atomic E-state index is -0.187. The van der Waals surface area contributed by atoms with E-state index in [1.807, 2.05) is 43.3 Å².